The first-order chi connectivity index (χ1) is 19.5. The average molecular weight is 549 g/mol. The van der Waals surface area contributed by atoms with Crippen LogP contribution in [0.5, 0.6) is 0 Å². The summed E-state index contributed by atoms with van der Waals surface area (Å²) in [4.78, 5) is 32.6. The number of carbonyl (C=O) groups excluding carboxylic acids is 1. The number of nitriles is 1. The van der Waals surface area contributed by atoms with Crippen molar-refractivity contribution in [3.8, 4) is 17.3 Å². The van der Waals surface area contributed by atoms with Crippen LogP contribution < -0.4 is 16.2 Å². The summed E-state index contributed by atoms with van der Waals surface area (Å²) in [5.74, 6) is 0.00193. The van der Waals surface area contributed by atoms with Crippen LogP contribution in [0.1, 0.15) is 47.8 Å². The van der Waals surface area contributed by atoms with Crippen LogP contribution in [-0.4, -0.2) is 34.0 Å². The number of hydrogen-bond donors (Lipinski definition) is 2. The molecule has 2 N–H and O–H groups in total. The molecule has 0 saturated heterocycles. The minimum absolute atomic E-state index is 0.00789. The first kappa shape index (κ1) is 29.2. The van der Waals surface area contributed by atoms with E-state index >= 15 is 0 Å². The lowest BCUT2D eigenvalue weighted by atomic mass is 9.86. The highest BCUT2D eigenvalue weighted by Gasteiger charge is 2.17. The molecular formula is C33H36N6O2. The van der Waals surface area contributed by atoms with Crippen LogP contribution >= 0.6 is 0 Å². The highest BCUT2D eigenvalue weighted by Crippen LogP contribution is 2.29. The molecule has 0 aliphatic carbocycles. The third-order valence-electron chi connectivity index (χ3n) is 6.93. The normalized spacial score (nSPS) is 11.3. The van der Waals surface area contributed by atoms with E-state index in [1.807, 2.05) is 85.6 Å². The van der Waals surface area contributed by atoms with Gasteiger partial charge in [-0.3, -0.25) is 14.5 Å². The Hall–Kier alpha value is -4.74. The minimum atomic E-state index is -0.262. The van der Waals surface area contributed by atoms with E-state index in [-0.39, 0.29) is 22.7 Å². The molecule has 0 atom stereocenters. The molecule has 3 aromatic carbocycles. The van der Waals surface area contributed by atoms with Gasteiger partial charge in [0.05, 0.1) is 18.3 Å². The molecule has 0 unspecified atom stereocenters. The number of benzene rings is 3. The number of aryl methyl sites for hydroxylation is 1. The van der Waals surface area contributed by atoms with Crippen LogP contribution in [0, 0.1) is 18.3 Å². The van der Waals surface area contributed by atoms with Gasteiger partial charge in [0.1, 0.15) is 0 Å². The number of anilines is 3. The average Bonchev–Trinajstić information content (AvgIpc) is 2.92. The molecule has 1 aromatic heterocycles. The topological polar surface area (TPSA) is 103 Å². The first-order valence-electron chi connectivity index (χ1n) is 13.5. The molecule has 0 fully saturated rings. The van der Waals surface area contributed by atoms with Gasteiger partial charge < -0.3 is 15.2 Å². The number of nitrogens with zero attached hydrogens (tertiary/aromatic N) is 4. The fraction of sp³-hybridized carbons (Fsp3) is 0.273. The Balaban J connectivity index is 1.59. The van der Waals surface area contributed by atoms with Gasteiger partial charge in [0.2, 0.25) is 0 Å². The molecule has 0 spiro atoms. The van der Waals surface area contributed by atoms with E-state index in [0.717, 1.165) is 27.9 Å². The molecule has 0 aliphatic heterocycles. The molecule has 210 valence electrons. The molecule has 0 radical (unpaired) electrons. The Bertz CT molecular complexity index is 1660. The molecule has 4 rings (SSSR count). The molecule has 0 aliphatic rings. The maximum atomic E-state index is 13.1. The third-order valence-corrected chi connectivity index (χ3v) is 6.93. The van der Waals surface area contributed by atoms with Crippen molar-refractivity contribution in [1.29, 1.82) is 5.26 Å². The maximum Gasteiger partial charge on any atom is 0.293 e. The van der Waals surface area contributed by atoms with E-state index in [1.54, 1.807) is 13.2 Å². The second-order valence-corrected chi connectivity index (χ2v) is 11.3. The minimum Gasteiger partial charge on any atom is -0.336 e. The van der Waals surface area contributed by atoms with Crippen molar-refractivity contribution >= 4 is 23.1 Å². The monoisotopic (exact) mass is 548 g/mol. The van der Waals surface area contributed by atoms with Gasteiger partial charge in [-0.05, 0) is 66.4 Å². The Morgan fingerprint density at radius 3 is 2.46 bits per heavy atom. The Kier molecular flexibility index (Phi) is 8.70. The van der Waals surface area contributed by atoms with Crippen LogP contribution in [0.4, 0.5) is 17.2 Å². The second kappa shape index (κ2) is 12.2. The van der Waals surface area contributed by atoms with Gasteiger partial charge in [0.25, 0.3) is 11.5 Å². The summed E-state index contributed by atoms with van der Waals surface area (Å²) in [6.45, 7) is 9.27. The fourth-order valence-electron chi connectivity index (χ4n) is 4.55. The Labute approximate surface area is 241 Å². The predicted octanol–water partition coefficient (Wildman–Crippen LogP) is 6.00. The zero-order valence-corrected chi connectivity index (χ0v) is 24.4. The largest absolute Gasteiger partial charge is 0.336 e. The Morgan fingerprint density at radius 1 is 1.07 bits per heavy atom. The molecule has 1 amide bonds. The summed E-state index contributed by atoms with van der Waals surface area (Å²) in [6.07, 6.45) is 1.69. The molecule has 8 nitrogen and oxygen atoms in total. The van der Waals surface area contributed by atoms with E-state index < -0.39 is 0 Å². The molecule has 8 heteroatoms. The van der Waals surface area contributed by atoms with Gasteiger partial charge in [-0.25, -0.2) is 4.98 Å². The number of amides is 1. The summed E-state index contributed by atoms with van der Waals surface area (Å²) in [7, 11) is 3.57. The summed E-state index contributed by atoms with van der Waals surface area (Å²) in [5, 5.41) is 15.1. The molecule has 41 heavy (non-hydrogen) atoms. The van der Waals surface area contributed by atoms with Crippen LogP contribution in [0.3, 0.4) is 0 Å². The van der Waals surface area contributed by atoms with Crippen LogP contribution in [0.15, 0.2) is 77.7 Å². The number of carbonyl (C=O) groups is 1. The summed E-state index contributed by atoms with van der Waals surface area (Å²) >= 11 is 0. The predicted molar refractivity (Wildman–Crippen MR) is 164 cm³/mol. The number of rotatable bonds is 8. The van der Waals surface area contributed by atoms with Gasteiger partial charge in [-0.15, -0.1) is 0 Å². The van der Waals surface area contributed by atoms with Gasteiger partial charge in [-0.2, -0.15) is 5.26 Å². The number of nitrogens with one attached hydrogen (secondary N) is 2. The van der Waals surface area contributed by atoms with Crippen molar-refractivity contribution in [2.45, 2.75) is 39.7 Å². The fourth-order valence-corrected chi connectivity index (χ4v) is 4.55. The van der Waals surface area contributed by atoms with Gasteiger partial charge >= 0.3 is 0 Å². The molecule has 4 aromatic rings. The summed E-state index contributed by atoms with van der Waals surface area (Å²) in [6, 6.07) is 23.1. The Morgan fingerprint density at radius 2 is 1.78 bits per heavy atom. The van der Waals surface area contributed by atoms with E-state index in [4.69, 9.17) is 5.26 Å². The lowest BCUT2D eigenvalue weighted by molar-refractivity contribution is 0.102. The summed E-state index contributed by atoms with van der Waals surface area (Å²) < 4.78 is 1.50. The molecule has 1 heterocycles. The quantitative estimate of drug-likeness (QED) is 0.262. The van der Waals surface area contributed by atoms with E-state index in [2.05, 4.69) is 42.5 Å². The third kappa shape index (κ3) is 7.07. The molecule has 0 saturated carbocycles. The van der Waals surface area contributed by atoms with E-state index in [0.29, 0.717) is 30.0 Å². The van der Waals surface area contributed by atoms with E-state index in [9.17, 15) is 9.59 Å². The van der Waals surface area contributed by atoms with Crippen molar-refractivity contribution in [2.24, 2.45) is 7.05 Å². The lowest BCUT2D eigenvalue weighted by Crippen LogP contribution is -2.22. The highest BCUT2D eigenvalue weighted by atomic mass is 16.1. The van der Waals surface area contributed by atoms with E-state index in [1.165, 1.54) is 4.57 Å². The van der Waals surface area contributed by atoms with Crippen molar-refractivity contribution in [1.82, 2.24) is 14.5 Å². The number of hydrogen-bond acceptors (Lipinski definition) is 6. The van der Waals surface area contributed by atoms with Gasteiger partial charge in [0, 0.05) is 42.3 Å². The van der Waals surface area contributed by atoms with Crippen molar-refractivity contribution in [3.05, 3.63) is 106 Å². The molecular weight excluding hydrogens is 512 g/mol. The first-order valence-corrected chi connectivity index (χ1v) is 13.5. The van der Waals surface area contributed by atoms with Crippen molar-refractivity contribution < 1.29 is 4.79 Å². The SMILES string of the molecule is Cc1c(NC(=O)c2ccc(C(C)(C)C)cc2)cccc1-c1cn(C)c(=O)c(Nc2cccc(CN(C)CC#N)c2)n1. The van der Waals surface area contributed by atoms with Gasteiger partial charge in [0.15, 0.2) is 5.82 Å². The zero-order valence-electron chi connectivity index (χ0n) is 24.4. The highest BCUT2D eigenvalue weighted by molar-refractivity contribution is 6.05. The van der Waals surface area contributed by atoms with Crippen LogP contribution in [0.2, 0.25) is 0 Å². The maximum absolute atomic E-state index is 13.1. The number of aromatic nitrogens is 2. The standard InChI is InChI=1S/C33H36N6O2/c1-22-27(11-8-12-28(22)37-31(40)24-13-15-25(16-14-24)33(2,3)4)29-21-39(6)32(41)30(36-29)35-26-10-7-9-23(19-26)20-38(5)18-17-34/h7-16,19,21H,18,20H2,1-6H3,(H,35,36)(H,37,40). The smallest absolute Gasteiger partial charge is 0.293 e. The van der Waals surface area contributed by atoms with Crippen molar-refractivity contribution in [3.63, 3.8) is 0 Å². The summed E-state index contributed by atoms with van der Waals surface area (Å²) in [5.41, 5.74) is 6.14. The zero-order chi connectivity index (χ0) is 29.7. The lowest BCUT2D eigenvalue weighted by Gasteiger charge is -2.19. The second-order valence-electron chi connectivity index (χ2n) is 11.3. The van der Waals surface area contributed by atoms with Crippen LogP contribution in [0.25, 0.3) is 11.3 Å². The van der Waals surface area contributed by atoms with Gasteiger partial charge in [-0.1, -0.05) is 57.2 Å². The van der Waals surface area contributed by atoms with Crippen molar-refractivity contribution in [2.75, 3.05) is 24.2 Å². The van der Waals surface area contributed by atoms with Crippen LogP contribution in [-0.2, 0) is 19.0 Å². The molecule has 0 bridgehead atoms.